The summed E-state index contributed by atoms with van der Waals surface area (Å²) in [5, 5.41) is 4.80. The Kier molecular flexibility index (Phi) is 7.70. The Labute approximate surface area is 100 Å². The standard InChI is InChI=1S/C10H20N4O3/c1-7(15)13-6-9(16)14-8(10(12)17)4-2-3-5-11/h8H,2-6,11H2,1H3,(H2,12,17)(H,13,15)(H,14,16). The molecule has 0 aromatic rings. The molecule has 3 amide bonds. The molecule has 0 fully saturated rings. The number of hydrogen-bond acceptors (Lipinski definition) is 4. The van der Waals surface area contributed by atoms with Gasteiger partial charge in [-0.05, 0) is 25.8 Å². The third kappa shape index (κ3) is 8.21. The minimum atomic E-state index is -0.706. The molecule has 1 atom stereocenters. The Morgan fingerprint density at radius 2 is 1.88 bits per heavy atom. The number of unbranched alkanes of at least 4 members (excludes halogenated alkanes) is 1. The molecular formula is C10H20N4O3. The van der Waals surface area contributed by atoms with Crippen LogP contribution in [0, 0.1) is 0 Å². The van der Waals surface area contributed by atoms with Gasteiger partial charge >= 0.3 is 0 Å². The van der Waals surface area contributed by atoms with Crippen LogP contribution in [-0.4, -0.2) is 36.9 Å². The molecule has 7 heteroatoms. The van der Waals surface area contributed by atoms with Crippen LogP contribution in [0.25, 0.3) is 0 Å². The first kappa shape index (κ1) is 15.4. The largest absolute Gasteiger partial charge is 0.368 e. The Bertz CT molecular complexity index is 281. The van der Waals surface area contributed by atoms with Gasteiger partial charge in [0.1, 0.15) is 6.04 Å². The van der Waals surface area contributed by atoms with Gasteiger partial charge in [-0.1, -0.05) is 0 Å². The lowest BCUT2D eigenvalue weighted by Gasteiger charge is -2.15. The molecule has 7 nitrogen and oxygen atoms in total. The fourth-order valence-electron chi connectivity index (χ4n) is 1.23. The Morgan fingerprint density at radius 3 is 2.35 bits per heavy atom. The summed E-state index contributed by atoms with van der Waals surface area (Å²) in [4.78, 5) is 33.0. The van der Waals surface area contributed by atoms with E-state index in [4.69, 9.17) is 11.5 Å². The third-order valence-electron chi connectivity index (χ3n) is 2.12. The second-order valence-electron chi connectivity index (χ2n) is 3.72. The van der Waals surface area contributed by atoms with E-state index >= 15 is 0 Å². The minimum Gasteiger partial charge on any atom is -0.368 e. The zero-order chi connectivity index (χ0) is 13.3. The van der Waals surface area contributed by atoms with Gasteiger partial charge in [0.25, 0.3) is 0 Å². The van der Waals surface area contributed by atoms with Gasteiger partial charge in [0.05, 0.1) is 6.54 Å². The van der Waals surface area contributed by atoms with E-state index in [-0.39, 0.29) is 12.5 Å². The van der Waals surface area contributed by atoms with Gasteiger partial charge in [-0.3, -0.25) is 14.4 Å². The number of amides is 3. The number of carbonyl (C=O) groups excluding carboxylic acids is 3. The zero-order valence-corrected chi connectivity index (χ0v) is 9.99. The molecule has 0 heterocycles. The highest BCUT2D eigenvalue weighted by Crippen LogP contribution is 1.99. The van der Waals surface area contributed by atoms with Gasteiger partial charge in [-0.25, -0.2) is 0 Å². The van der Waals surface area contributed by atoms with Gasteiger partial charge in [-0.2, -0.15) is 0 Å². The number of primary amides is 1. The van der Waals surface area contributed by atoms with Crippen molar-refractivity contribution >= 4 is 17.7 Å². The van der Waals surface area contributed by atoms with Crippen LogP contribution in [-0.2, 0) is 14.4 Å². The van der Waals surface area contributed by atoms with Crippen molar-refractivity contribution in [2.24, 2.45) is 11.5 Å². The van der Waals surface area contributed by atoms with Gasteiger partial charge in [0, 0.05) is 6.92 Å². The lowest BCUT2D eigenvalue weighted by Crippen LogP contribution is -2.47. The fraction of sp³-hybridized carbons (Fsp3) is 0.700. The van der Waals surface area contributed by atoms with Crippen molar-refractivity contribution in [1.82, 2.24) is 10.6 Å². The highest BCUT2D eigenvalue weighted by Gasteiger charge is 2.17. The topological polar surface area (TPSA) is 127 Å². The second kappa shape index (κ2) is 8.51. The molecular weight excluding hydrogens is 224 g/mol. The summed E-state index contributed by atoms with van der Waals surface area (Å²) in [6.45, 7) is 1.68. The lowest BCUT2D eigenvalue weighted by atomic mass is 10.1. The maximum Gasteiger partial charge on any atom is 0.240 e. The van der Waals surface area contributed by atoms with E-state index < -0.39 is 17.9 Å². The average molecular weight is 244 g/mol. The smallest absolute Gasteiger partial charge is 0.240 e. The van der Waals surface area contributed by atoms with Gasteiger partial charge < -0.3 is 22.1 Å². The molecule has 0 radical (unpaired) electrons. The zero-order valence-electron chi connectivity index (χ0n) is 9.99. The van der Waals surface area contributed by atoms with Crippen LogP contribution in [0.4, 0.5) is 0 Å². The Hall–Kier alpha value is -1.63. The Balaban J connectivity index is 4.02. The summed E-state index contributed by atoms with van der Waals surface area (Å²) in [5.74, 6) is -1.33. The maximum atomic E-state index is 11.3. The molecule has 0 aromatic carbocycles. The maximum absolute atomic E-state index is 11.3. The Morgan fingerprint density at radius 1 is 1.24 bits per heavy atom. The normalized spacial score (nSPS) is 11.6. The van der Waals surface area contributed by atoms with Crippen LogP contribution in [0.15, 0.2) is 0 Å². The molecule has 0 aromatic heterocycles. The third-order valence-corrected chi connectivity index (χ3v) is 2.12. The first-order chi connectivity index (χ1) is 7.97. The average Bonchev–Trinajstić information content (AvgIpc) is 2.25. The predicted octanol–water partition coefficient (Wildman–Crippen LogP) is -1.78. The van der Waals surface area contributed by atoms with E-state index in [0.717, 1.165) is 6.42 Å². The molecule has 0 bridgehead atoms. The number of nitrogens with one attached hydrogen (secondary N) is 2. The summed E-state index contributed by atoms with van der Waals surface area (Å²) >= 11 is 0. The molecule has 17 heavy (non-hydrogen) atoms. The van der Waals surface area contributed by atoms with E-state index in [9.17, 15) is 14.4 Å². The summed E-state index contributed by atoms with van der Waals surface area (Å²) in [6, 6.07) is -0.706. The monoisotopic (exact) mass is 244 g/mol. The van der Waals surface area contributed by atoms with E-state index in [0.29, 0.717) is 19.4 Å². The van der Waals surface area contributed by atoms with Crippen molar-refractivity contribution in [3.05, 3.63) is 0 Å². The summed E-state index contributed by atoms with van der Waals surface area (Å²) in [7, 11) is 0. The first-order valence-electron chi connectivity index (χ1n) is 5.50. The molecule has 0 spiro atoms. The summed E-state index contributed by atoms with van der Waals surface area (Å²) < 4.78 is 0. The van der Waals surface area contributed by atoms with Crippen LogP contribution in [0.3, 0.4) is 0 Å². The number of nitrogens with two attached hydrogens (primary N) is 2. The molecule has 1 unspecified atom stereocenters. The SMILES string of the molecule is CC(=O)NCC(=O)NC(CCCCN)C(N)=O. The van der Waals surface area contributed by atoms with E-state index in [1.807, 2.05) is 0 Å². The van der Waals surface area contributed by atoms with Gasteiger partial charge in [0.15, 0.2) is 0 Å². The van der Waals surface area contributed by atoms with Crippen molar-refractivity contribution < 1.29 is 14.4 Å². The number of carbonyl (C=O) groups is 3. The molecule has 0 saturated heterocycles. The van der Waals surface area contributed by atoms with Crippen LogP contribution < -0.4 is 22.1 Å². The van der Waals surface area contributed by atoms with Crippen molar-refractivity contribution in [3.63, 3.8) is 0 Å². The van der Waals surface area contributed by atoms with Crippen molar-refractivity contribution in [3.8, 4) is 0 Å². The van der Waals surface area contributed by atoms with E-state index in [2.05, 4.69) is 10.6 Å². The van der Waals surface area contributed by atoms with Crippen molar-refractivity contribution in [2.45, 2.75) is 32.2 Å². The number of hydrogen-bond donors (Lipinski definition) is 4. The highest BCUT2D eigenvalue weighted by atomic mass is 16.2. The fourth-order valence-corrected chi connectivity index (χ4v) is 1.23. The van der Waals surface area contributed by atoms with Crippen LogP contribution in [0.2, 0.25) is 0 Å². The van der Waals surface area contributed by atoms with Crippen LogP contribution in [0.1, 0.15) is 26.2 Å². The molecule has 0 saturated carbocycles. The summed E-state index contributed by atoms with van der Waals surface area (Å²) in [5.41, 5.74) is 10.5. The number of rotatable bonds is 8. The van der Waals surface area contributed by atoms with E-state index in [1.54, 1.807) is 0 Å². The second-order valence-corrected chi connectivity index (χ2v) is 3.72. The van der Waals surface area contributed by atoms with Crippen molar-refractivity contribution in [2.75, 3.05) is 13.1 Å². The molecule has 0 aliphatic carbocycles. The quantitative estimate of drug-likeness (QED) is 0.376. The highest BCUT2D eigenvalue weighted by molar-refractivity contribution is 5.89. The van der Waals surface area contributed by atoms with Crippen LogP contribution >= 0.6 is 0 Å². The predicted molar refractivity (Wildman–Crippen MR) is 62.7 cm³/mol. The molecule has 0 aliphatic heterocycles. The van der Waals surface area contributed by atoms with Gasteiger partial charge in [-0.15, -0.1) is 0 Å². The first-order valence-corrected chi connectivity index (χ1v) is 5.50. The molecule has 98 valence electrons. The molecule has 0 rings (SSSR count). The molecule has 6 N–H and O–H groups in total. The van der Waals surface area contributed by atoms with Gasteiger partial charge in [0.2, 0.25) is 17.7 Å². The van der Waals surface area contributed by atoms with Crippen molar-refractivity contribution in [1.29, 1.82) is 0 Å². The summed E-state index contributed by atoms with van der Waals surface area (Å²) in [6.07, 6.45) is 1.94. The minimum absolute atomic E-state index is 0.157. The molecule has 0 aliphatic rings. The lowest BCUT2D eigenvalue weighted by molar-refractivity contribution is -0.128. The van der Waals surface area contributed by atoms with E-state index in [1.165, 1.54) is 6.92 Å². The van der Waals surface area contributed by atoms with Crippen LogP contribution in [0.5, 0.6) is 0 Å².